The summed E-state index contributed by atoms with van der Waals surface area (Å²) in [4.78, 5) is 12.7. The number of para-hydroxylation sites is 2. The van der Waals surface area contributed by atoms with Gasteiger partial charge < -0.3 is 14.8 Å². The smallest absolute Gasteiger partial charge is 0.264 e. The third-order valence-electron chi connectivity index (χ3n) is 4.48. The molecule has 7 nitrogen and oxygen atoms in total. The van der Waals surface area contributed by atoms with E-state index >= 15 is 0 Å². The first-order valence-corrected chi connectivity index (χ1v) is 12.3. The third-order valence-corrected chi connectivity index (χ3v) is 6.99. The number of halogens is 1. The summed E-state index contributed by atoms with van der Waals surface area (Å²) in [6, 6.07) is 22.2. The molecule has 3 aromatic carbocycles. The third kappa shape index (κ3) is 6.13. The maximum Gasteiger partial charge on any atom is 0.264 e. The van der Waals surface area contributed by atoms with Crippen molar-refractivity contribution in [3.05, 3.63) is 82.4 Å². The minimum Gasteiger partial charge on any atom is -0.493 e. The van der Waals surface area contributed by atoms with E-state index in [9.17, 15) is 13.2 Å². The van der Waals surface area contributed by atoms with Crippen LogP contribution >= 0.6 is 22.6 Å². The van der Waals surface area contributed by atoms with Crippen molar-refractivity contribution >= 4 is 44.2 Å². The van der Waals surface area contributed by atoms with Crippen LogP contribution in [0, 0.1) is 3.57 Å². The fourth-order valence-corrected chi connectivity index (χ4v) is 4.72. The molecule has 0 unspecified atom stereocenters. The predicted molar refractivity (Wildman–Crippen MR) is 132 cm³/mol. The molecule has 3 aromatic rings. The number of hydrogen-bond donors (Lipinski definition) is 1. The Morgan fingerprint density at radius 2 is 1.56 bits per heavy atom. The van der Waals surface area contributed by atoms with Crippen molar-refractivity contribution in [2.24, 2.45) is 0 Å². The van der Waals surface area contributed by atoms with Crippen molar-refractivity contribution in [1.82, 2.24) is 5.32 Å². The van der Waals surface area contributed by atoms with Gasteiger partial charge in [0.25, 0.3) is 10.0 Å². The highest BCUT2D eigenvalue weighted by Gasteiger charge is 2.27. The first-order chi connectivity index (χ1) is 15.4. The quantitative estimate of drug-likeness (QED) is 0.299. The van der Waals surface area contributed by atoms with E-state index in [4.69, 9.17) is 9.47 Å². The minimum atomic E-state index is -3.92. The molecule has 0 atom stereocenters. The molecule has 1 N–H and O–H groups in total. The summed E-state index contributed by atoms with van der Waals surface area (Å²) < 4.78 is 39.4. The summed E-state index contributed by atoms with van der Waals surface area (Å²) in [7, 11) is -2.37. The Bertz CT molecular complexity index is 1140. The van der Waals surface area contributed by atoms with Crippen LogP contribution in [-0.4, -0.2) is 41.1 Å². The van der Waals surface area contributed by atoms with Gasteiger partial charge in [0.2, 0.25) is 5.91 Å². The van der Waals surface area contributed by atoms with E-state index in [0.29, 0.717) is 17.2 Å². The molecule has 168 valence electrons. The molecular weight excluding hydrogens is 543 g/mol. The van der Waals surface area contributed by atoms with Crippen LogP contribution in [0.15, 0.2) is 83.8 Å². The van der Waals surface area contributed by atoms with Crippen molar-refractivity contribution in [2.45, 2.75) is 4.90 Å². The lowest BCUT2D eigenvalue weighted by Crippen LogP contribution is -2.41. The normalized spacial score (nSPS) is 10.9. The second kappa shape index (κ2) is 11.2. The molecule has 0 heterocycles. The zero-order valence-electron chi connectivity index (χ0n) is 17.4. The predicted octanol–water partition coefficient (Wildman–Crippen LogP) is 3.69. The van der Waals surface area contributed by atoms with E-state index in [0.717, 1.165) is 7.88 Å². The lowest BCUT2D eigenvalue weighted by molar-refractivity contribution is -0.119. The summed E-state index contributed by atoms with van der Waals surface area (Å²) in [5.74, 6) is 0.723. The number of methoxy groups -OCH3 is 1. The SMILES string of the molecule is COc1ccccc1OCCNC(=O)CN(c1ccc(I)cc1)S(=O)(=O)c1ccccc1. The molecule has 3 rings (SSSR count). The second-order valence-electron chi connectivity index (χ2n) is 6.65. The fourth-order valence-electron chi connectivity index (χ4n) is 2.92. The Morgan fingerprint density at radius 3 is 2.22 bits per heavy atom. The maximum atomic E-state index is 13.2. The molecule has 0 aliphatic carbocycles. The standard InChI is InChI=1S/C23H23IN2O5S/c1-30-21-9-5-6-10-22(21)31-16-15-25-23(27)17-26(19-13-11-18(24)12-14-19)32(28,29)20-7-3-2-4-8-20/h2-14H,15-17H2,1H3,(H,25,27). The molecule has 0 saturated carbocycles. The van der Waals surface area contributed by atoms with Gasteiger partial charge in [-0.15, -0.1) is 0 Å². The Kier molecular flexibility index (Phi) is 8.34. The Labute approximate surface area is 201 Å². The average Bonchev–Trinajstić information content (AvgIpc) is 2.81. The number of nitrogens with zero attached hydrogens (tertiary/aromatic N) is 1. The zero-order chi connectivity index (χ0) is 23.0. The van der Waals surface area contributed by atoms with Crippen LogP contribution in [0.2, 0.25) is 0 Å². The molecule has 32 heavy (non-hydrogen) atoms. The summed E-state index contributed by atoms with van der Waals surface area (Å²) >= 11 is 2.14. The highest BCUT2D eigenvalue weighted by Crippen LogP contribution is 2.26. The average molecular weight is 566 g/mol. The number of amides is 1. The van der Waals surface area contributed by atoms with Gasteiger partial charge in [-0.1, -0.05) is 30.3 Å². The van der Waals surface area contributed by atoms with Crippen LogP contribution in [0.4, 0.5) is 5.69 Å². The van der Waals surface area contributed by atoms with Crippen molar-refractivity contribution in [3.8, 4) is 11.5 Å². The van der Waals surface area contributed by atoms with Crippen molar-refractivity contribution in [3.63, 3.8) is 0 Å². The second-order valence-corrected chi connectivity index (χ2v) is 9.76. The van der Waals surface area contributed by atoms with E-state index in [-0.39, 0.29) is 24.6 Å². The summed E-state index contributed by atoms with van der Waals surface area (Å²) in [6.45, 7) is 0.0658. The Morgan fingerprint density at radius 1 is 0.938 bits per heavy atom. The van der Waals surface area contributed by atoms with Crippen LogP contribution in [0.3, 0.4) is 0 Å². The highest BCUT2D eigenvalue weighted by atomic mass is 127. The molecule has 0 aliphatic rings. The zero-order valence-corrected chi connectivity index (χ0v) is 20.4. The molecular formula is C23H23IN2O5S. The van der Waals surface area contributed by atoms with Gasteiger partial charge in [-0.25, -0.2) is 8.42 Å². The van der Waals surface area contributed by atoms with Gasteiger partial charge in [0.15, 0.2) is 11.5 Å². The molecule has 0 radical (unpaired) electrons. The molecule has 1 amide bonds. The van der Waals surface area contributed by atoms with Gasteiger partial charge in [-0.05, 0) is 71.1 Å². The number of rotatable bonds is 10. The monoisotopic (exact) mass is 566 g/mol. The summed E-state index contributed by atoms with van der Waals surface area (Å²) in [6.07, 6.45) is 0. The molecule has 0 bridgehead atoms. The summed E-state index contributed by atoms with van der Waals surface area (Å²) in [5.41, 5.74) is 0.412. The van der Waals surface area contributed by atoms with Crippen molar-refractivity contribution < 1.29 is 22.7 Å². The lowest BCUT2D eigenvalue weighted by atomic mass is 10.3. The van der Waals surface area contributed by atoms with E-state index < -0.39 is 15.9 Å². The number of ether oxygens (including phenoxy) is 2. The van der Waals surface area contributed by atoms with E-state index in [1.54, 1.807) is 61.7 Å². The minimum absolute atomic E-state index is 0.117. The molecule has 0 aromatic heterocycles. The van der Waals surface area contributed by atoms with Gasteiger partial charge in [0, 0.05) is 3.57 Å². The summed E-state index contributed by atoms with van der Waals surface area (Å²) in [5, 5.41) is 2.71. The number of benzene rings is 3. The van der Waals surface area contributed by atoms with E-state index in [1.807, 2.05) is 12.1 Å². The number of sulfonamides is 1. The first kappa shape index (κ1) is 23.9. The molecule has 9 heteroatoms. The van der Waals surface area contributed by atoms with E-state index in [1.165, 1.54) is 12.1 Å². The molecule has 0 spiro atoms. The molecule has 0 saturated heterocycles. The van der Waals surface area contributed by atoms with Crippen LogP contribution in [-0.2, 0) is 14.8 Å². The fraction of sp³-hybridized carbons (Fsp3) is 0.174. The van der Waals surface area contributed by atoms with Crippen LogP contribution in [0.25, 0.3) is 0 Å². The van der Waals surface area contributed by atoms with Crippen molar-refractivity contribution in [1.29, 1.82) is 0 Å². The van der Waals surface area contributed by atoms with Crippen LogP contribution < -0.4 is 19.1 Å². The van der Waals surface area contributed by atoms with Gasteiger partial charge in [-0.2, -0.15) is 0 Å². The maximum absolute atomic E-state index is 13.2. The van der Waals surface area contributed by atoms with Gasteiger partial charge in [-0.3, -0.25) is 9.10 Å². The largest absolute Gasteiger partial charge is 0.493 e. The van der Waals surface area contributed by atoms with Gasteiger partial charge in [0.05, 0.1) is 24.2 Å². The number of nitrogens with one attached hydrogen (secondary N) is 1. The van der Waals surface area contributed by atoms with Crippen LogP contribution in [0.5, 0.6) is 11.5 Å². The van der Waals surface area contributed by atoms with Gasteiger partial charge >= 0.3 is 0 Å². The highest BCUT2D eigenvalue weighted by molar-refractivity contribution is 14.1. The topological polar surface area (TPSA) is 84.9 Å². The number of carbonyl (C=O) groups is 1. The number of carbonyl (C=O) groups excluding carboxylic acids is 1. The lowest BCUT2D eigenvalue weighted by Gasteiger charge is -2.24. The first-order valence-electron chi connectivity index (χ1n) is 9.77. The molecule has 0 aliphatic heterocycles. The number of anilines is 1. The van der Waals surface area contributed by atoms with Gasteiger partial charge in [0.1, 0.15) is 13.2 Å². The molecule has 0 fully saturated rings. The van der Waals surface area contributed by atoms with Crippen molar-refractivity contribution in [2.75, 3.05) is 31.1 Å². The number of hydrogen-bond acceptors (Lipinski definition) is 5. The van der Waals surface area contributed by atoms with E-state index in [2.05, 4.69) is 27.9 Å². The van der Waals surface area contributed by atoms with Crippen LogP contribution in [0.1, 0.15) is 0 Å². The Balaban J connectivity index is 1.68. The Hall–Kier alpha value is -2.79.